The molecule has 0 fully saturated rings. The van der Waals surface area contributed by atoms with Crippen molar-refractivity contribution in [1.29, 1.82) is 0 Å². The maximum atomic E-state index is 13.5. The second-order valence-electron chi connectivity index (χ2n) is 7.98. The number of nitrogens with one attached hydrogen (secondary N) is 1. The van der Waals surface area contributed by atoms with E-state index in [1.807, 2.05) is 35.2 Å². The summed E-state index contributed by atoms with van der Waals surface area (Å²) in [6.45, 7) is 2.44. The SMILES string of the molecule is CC(F)(F)CCN1CCC(c2cc(-c3ccc(Cl)cc3)n[nH]2)=C(c2ccc(F)cc2)C1. The fourth-order valence-corrected chi connectivity index (χ4v) is 3.95. The predicted octanol–water partition coefficient (Wildman–Crippen LogP) is 6.53. The van der Waals surface area contributed by atoms with Crippen molar-refractivity contribution >= 4 is 22.7 Å². The van der Waals surface area contributed by atoms with E-state index in [1.165, 1.54) is 12.1 Å². The van der Waals surface area contributed by atoms with Crippen LogP contribution < -0.4 is 0 Å². The molecule has 0 radical (unpaired) electrons. The van der Waals surface area contributed by atoms with E-state index in [0.29, 0.717) is 31.1 Å². The van der Waals surface area contributed by atoms with E-state index in [1.54, 1.807) is 12.1 Å². The van der Waals surface area contributed by atoms with E-state index in [2.05, 4.69) is 10.2 Å². The Morgan fingerprint density at radius 3 is 2.39 bits per heavy atom. The Bertz CT molecular complexity index is 1070. The fraction of sp³-hybridized carbons (Fsp3) is 0.292. The molecule has 1 aliphatic heterocycles. The maximum Gasteiger partial charge on any atom is 0.246 e. The third-order valence-electron chi connectivity index (χ3n) is 5.53. The van der Waals surface area contributed by atoms with Gasteiger partial charge < -0.3 is 0 Å². The molecule has 1 aromatic heterocycles. The van der Waals surface area contributed by atoms with Gasteiger partial charge in [-0.25, -0.2) is 13.2 Å². The van der Waals surface area contributed by atoms with Crippen LogP contribution in [0.1, 0.15) is 31.0 Å². The molecule has 1 aliphatic rings. The number of halogens is 4. The lowest BCUT2D eigenvalue weighted by Gasteiger charge is -2.31. The van der Waals surface area contributed by atoms with Crippen molar-refractivity contribution in [2.45, 2.75) is 25.7 Å². The largest absolute Gasteiger partial charge is 0.298 e. The van der Waals surface area contributed by atoms with Crippen LogP contribution in [-0.2, 0) is 0 Å². The van der Waals surface area contributed by atoms with E-state index < -0.39 is 5.92 Å². The molecule has 3 nitrogen and oxygen atoms in total. The molecule has 0 atom stereocenters. The zero-order chi connectivity index (χ0) is 22.0. The monoisotopic (exact) mass is 445 g/mol. The van der Waals surface area contributed by atoms with Gasteiger partial charge in [0.05, 0.1) is 11.4 Å². The highest BCUT2D eigenvalue weighted by Crippen LogP contribution is 2.35. The fourth-order valence-electron chi connectivity index (χ4n) is 3.82. The lowest BCUT2D eigenvalue weighted by atomic mass is 9.91. The highest BCUT2D eigenvalue weighted by molar-refractivity contribution is 6.30. The summed E-state index contributed by atoms with van der Waals surface area (Å²) in [4.78, 5) is 2.02. The molecule has 0 spiro atoms. The minimum Gasteiger partial charge on any atom is -0.298 e. The Labute approximate surface area is 184 Å². The van der Waals surface area contributed by atoms with Gasteiger partial charge in [-0.3, -0.25) is 10.00 Å². The molecule has 4 rings (SSSR count). The Hall–Kier alpha value is -2.57. The van der Waals surface area contributed by atoms with Crippen molar-refractivity contribution in [3.8, 4) is 11.3 Å². The van der Waals surface area contributed by atoms with Crippen LogP contribution in [0.3, 0.4) is 0 Å². The zero-order valence-corrected chi connectivity index (χ0v) is 17.9. The summed E-state index contributed by atoms with van der Waals surface area (Å²) in [6.07, 6.45) is 0.494. The summed E-state index contributed by atoms with van der Waals surface area (Å²) >= 11 is 5.98. The summed E-state index contributed by atoms with van der Waals surface area (Å²) in [5, 5.41) is 8.22. The van der Waals surface area contributed by atoms with Crippen LogP contribution in [0.25, 0.3) is 22.4 Å². The van der Waals surface area contributed by atoms with Gasteiger partial charge >= 0.3 is 0 Å². The molecule has 3 aromatic rings. The lowest BCUT2D eigenvalue weighted by molar-refractivity contribution is 0.00425. The Morgan fingerprint density at radius 2 is 1.71 bits per heavy atom. The number of benzene rings is 2. The summed E-state index contributed by atoms with van der Waals surface area (Å²) in [7, 11) is 0. The third-order valence-corrected chi connectivity index (χ3v) is 5.78. The predicted molar refractivity (Wildman–Crippen MR) is 119 cm³/mol. The lowest BCUT2D eigenvalue weighted by Crippen LogP contribution is -2.34. The first-order chi connectivity index (χ1) is 14.8. The molecular formula is C24H23ClF3N3. The van der Waals surface area contributed by atoms with Crippen LogP contribution in [0.4, 0.5) is 13.2 Å². The minimum absolute atomic E-state index is 0.191. The van der Waals surface area contributed by atoms with Crippen molar-refractivity contribution in [3.05, 3.63) is 76.7 Å². The molecule has 31 heavy (non-hydrogen) atoms. The average Bonchev–Trinajstić information content (AvgIpc) is 3.23. The zero-order valence-electron chi connectivity index (χ0n) is 17.1. The molecule has 0 saturated heterocycles. The van der Waals surface area contributed by atoms with Gasteiger partial charge in [0, 0.05) is 36.6 Å². The molecular weight excluding hydrogens is 423 g/mol. The molecule has 0 amide bonds. The molecule has 162 valence electrons. The second-order valence-corrected chi connectivity index (χ2v) is 8.42. The molecule has 1 N–H and O–H groups in total. The molecule has 0 saturated carbocycles. The maximum absolute atomic E-state index is 13.5. The van der Waals surface area contributed by atoms with Crippen LogP contribution >= 0.6 is 11.6 Å². The Kier molecular flexibility index (Phi) is 6.21. The Balaban J connectivity index is 1.66. The molecule has 7 heteroatoms. The number of alkyl halides is 2. The standard InChI is InChI=1S/C24H23ClF3N3/c1-24(27,28)11-13-31-12-10-20(21(15-31)16-4-8-19(26)9-5-16)23-14-22(29-30-23)17-2-6-18(25)7-3-17/h2-9,14H,10-13,15H2,1H3,(H,29,30). The van der Waals surface area contributed by atoms with Crippen molar-refractivity contribution in [3.63, 3.8) is 0 Å². The van der Waals surface area contributed by atoms with E-state index in [-0.39, 0.29) is 12.2 Å². The number of hydrogen-bond acceptors (Lipinski definition) is 2. The highest BCUT2D eigenvalue weighted by atomic mass is 35.5. The number of aromatic amines is 1. The van der Waals surface area contributed by atoms with Crippen LogP contribution in [0.15, 0.2) is 54.6 Å². The Morgan fingerprint density at radius 1 is 1.03 bits per heavy atom. The number of aromatic nitrogens is 2. The van der Waals surface area contributed by atoms with Crippen molar-refractivity contribution < 1.29 is 13.2 Å². The summed E-state index contributed by atoms with van der Waals surface area (Å²) in [6, 6.07) is 15.7. The van der Waals surface area contributed by atoms with Gasteiger partial charge in [-0.15, -0.1) is 0 Å². The van der Waals surface area contributed by atoms with Crippen LogP contribution in [-0.4, -0.2) is 40.7 Å². The van der Waals surface area contributed by atoms with E-state index in [9.17, 15) is 13.2 Å². The first-order valence-electron chi connectivity index (χ1n) is 10.2. The van der Waals surface area contributed by atoms with Gasteiger partial charge in [0.2, 0.25) is 5.92 Å². The molecule has 2 heterocycles. The van der Waals surface area contributed by atoms with Gasteiger partial charge in [-0.05, 0) is 60.4 Å². The quantitative estimate of drug-likeness (QED) is 0.467. The summed E-state index contributed by atoms with van der Waals surface area (Å²) in [5.74, 6) is -3.01. The minimum atomic E-state index is -2.70. The van der Waals surface area contributed by atoms with Crippen LogP contribution in [0.5, 0.6) is 0 Å². The average molecular weight is 446 g/mol. The number of H-pyrrole nitrogens is 1. The first kappa shape index (κ1) is 21.7. The van der Waals surface area contributed by atoms with E-state index in [0.717, 1.165) is 40.6 Å². The molecule has 2 aromatic carbocycles. The van der Waals surface area contributed by atoms with Crippen LogP contribution in [0.2, 0.25) is 5.02 Å². The summed E-state index contributed by atoms with van der Waals surface area (Å²) in [5.41, 5.74) is 5.57. The van der Waals surface area contributed by atoms with E-state index >= 15 is 0 Å². The molecule has 0 aliphatic carbocycles. The molecule has 0 bridgehead atoms. The van der Waals surface area contributed by atoms with Gasteiger partial charge in [0.1, 0.15) is 5.82 Å². The summed E-state index contributed by atoms with van der Waals surface area (Å²) < 4.78 is 40.2. The smallest absolute Gasteiger partial charge is 0.246 e. The van der Waals surface area contributed by atoms with Gasteiger partial charge in [0.25, 0.3) is 0 Å². The van der Waals surface area contributed by atoms with E-state index in [4.69, 9.17) is 11.6 Å². The third kappa shape index (κ3) is 5.38. The highest BCUT2D eigenvalue weighted by Gasteiger charge is 2.26. The number of rotatable bonds is 6. The normalized spacial score (nSPS) is 15.5. The number of nitrogens with zero attached hydrogens (tertiary/aromatic N) is 2. The number of hydrogen-bond donors (Lipinski definition) is 1. The second kappa shape index (κ2) is 8.89. The van der Waals surface area contributed by atoms with Crippen molar-refractivity contribution in [2.24, 2.45) is 0 Å². The van der Waals surface area contributed by atoms with Gasteiger partial charge in [0.15, 0.2) is 0 Å². The van der Waals surface area contributed by atoms with Crippen LogP contribution in [0, 0.1) is 5.82 Å². The van der Waals surface area contributed by atoms with Gasteiger partial charge in [-0.2, -0.15) is 5.10 Å². The topological polar surface area (TPSA) is 31.9 Å². The van der Waals surface area contributed by atoms with Crippen molar-refractivity contribution in [1.82, 2.24) is 15.1 Å². The first-order valence-corrected chi connectivity index (χ1v) is 10.6. The van der Waals surface area contributed by atoms with Crippen molar-refractivity contribution in [2.75, 3.05) is 19.6 Å². The van der Waals surface area contributed by atoms with Gasteiger partial charge in [-0.1, -0.05) is 35.9 Å². The molecule has 0 unspecified atom stereocenters.